The van der Waals surface area contributed by atoms with Gasteiger partial charge in [-0.3, -0.25) is 19.2 Å². The van der Waals surface area contributed by atoms with Crippen LogP contribution in [0.15, 0.2) is 115 Å². The molecule has 4 aliphatic rings. The van der Waals surface area contributed by atoms with E-state index >= 15 is 0 Å². The first kappa shape index (κ1) is 74.3. The van der Waals surface area contributed by atoms with Crippen molar-refractivity contribution >= 4 is 29.8 Å². The number of phenolic OH excluding ortho intramolecular Hbond substituents is 1. The largest absolute Gasteiger partial charge is 0.504 e. The molecule has 20 heteroatoms. The zero-order valence-electron chi connectivity index (χ0n) is 58.1. The van der Waals surface area contributed by atoms with E-state index in [4.69, 9.17) is 37.9 Å². The van der Waals surface area contributed by atoms with Crippen LogP contribution in [0.5, 0.6) is 34.5 Å². The number of aliphatic hydroxyl groups excluding tert-OH is 3. The number of aliphatic hydroxyl groups is 3. The number of rotatable bonds is 20. The fraction of sp³-hybridized carbons (Fsp3) is 0.533. The van der Waals surface area contributed by atoms with Gasteiger partial charge in [-0.2, -0.15) is 0 Å². The molecule has 0 unspecified atom stereocenters. The van der Waals surface area contributed by atoms with Gasteiger partial charge in [-0.25, -0.2) is 4.79 Å². The number of hydrogen-bond donors (Lipinski definition) is 4. The Hall–Kier alpha value is -8.07. The predicted octanol–water partition coefficient (Wildman–Crippen LogP) is 10.8. The molecule has 3 heterocycles. The zero-order valence-corrected chi connectivity index (χ0v) is 58.1. The lowest BCUT2D eigenvalue weighted by atomic mass is 9.72. The first-order valence-corrected chi connectivity index (χ1v) is 32.8. The molecule has 9 rings (SSSR count). The minimum absolute atomic E-state index is 0.00425. The molecule has 11 atom stereocenters. The third kappa shape index (κ3) is 18.3. The van der Waals surface area contributed by atoms with Crippen LogP contribution in [0.25, 0.3) is 0 Å². The molecule has 0 radical (unpaired) electrons. The standard InChI is InChI=1S/C29H39NO6.C25H31NO6.C21H31NO5/c1-19(31)29(6)18-30(27(33)26(35-20(2)32)15-21-11-9-8-10-12-21)17-23(29)22-13-14-24(34-7)25(16-22)36-28(3,4)5;1-16(27)25(3)15-26(14-20(25)19-10-11-22(31-4)21(29)13-19)24(30)23(32-17(2)28)12-18-8-6-5-7-9-18;1-14(23)21(2)13-22(20(24)26-4)12-17(21)15-9-10-18(25-3)19(11-15)27-16-7-5-6-8-16/h8-14,16,19,23,26,31H,15,17-18H2,1-7H3;5-11,13,16,20,23,27,29H,12,14-15H2,1-4H3;9-11,14,16-17,23H,5-8,12-13H2,1-4H3/t19-,23+,26+,29+;16-,20+,23+,25+;14-,17+,21+/m111/s1. The van der Waals surface area contributed by atoms with Crippen LogP contribution in [0.2, 0.25) is 0 Å². The van der Waals surface area contributed by atoms with E-state index in [2.05, 4.69) is 0 Å². The molecule has 3 saturated heterocycles. The van der Waals surface area contributed by atoms with Crippen LogP contribution in [-0.4, -0.2) is 175 Å². The summed E-state index contributed by atoms with van der Waals surface area (Å²) in [6.45, 7) is 22.0. The Bertz CT molecular complexity index is 3390. The van der Waals surface area contributed by atoms with Crippen molar-refractivity contribution in [3.63, 3.8) is 0 Å². The third-order valence-electron chi connectivity index (χ3n) is 19.6. The smallest absolute Gasteiger partial charge is 0.409 e. The highest BCUT2D eigenvalue weighted by Crippen LogP contribution is 2.50. The van der Waals surface area contributed by atoms with Crippen molar-refractivity contribution in [2.45, 2.75) is 175 Å². The van der Waals surface area contributed by atoms with Crippen molar-refractivity contribution in [1.29, 1.82) is 0 Å². The van der Waals surface area contributed by atoms with Gasteiger partial charge in [0.1, 0.15) is 5.60 Å². The zero-order chi connectivity index (χ0) is 69.7. The van der Waals surface area contributed by atoms with E-state index < -0.39 is 64.3 Å². The average Bonchev–Trinajstić information content (AvgIpc) is 1.64. The van der Waals surface area contributed by atoms with Gasteiger partial charge in [0.05, 0.1) is 52.9 Å². The van der Waals surface area contributed by atoms with E-state index in [1.54, 1.807) is 61.8 Å². The number of esters is 2. The summed E-state index contributed by atoms with van der Waals surface area (Å²) < 4.78 is 44.3. The lowest BCUT2D eigenvalue weighted by molar-refractivity contribution is -0.158. The molecule has 518 valence electrons. The Morgan fingerprint density at radius 3 is 1.25 bits per heavy atom. The van der Waals surface area contributed by atoms with Gasteiger partial charge in [-0.1, -0.05) is 99.6 Å². The quantitative estimate of drug-likeness (QED) is 0.0418. The highest BCUT2D eigenvalue weighted by Gasteiger charge is 2.52. The van der Waals surface area contributed by atoms with Crippen LogP contribution in [0.4, 0.5) is 4.79 Å². The van der Waals surface area contributed by atoms with Crippen LogP contribution < -0.4 is 23.7 Å². The Kier molecular flexibility index (Phi) is 25.1. The van der Waals surface area contributed by atoms with Crippen LogP contribution >= 0.6 is 0 Å². The van der Waals surface area contributed by atoms with E-state index in [0.29, 0.717) is 62.3 Å². The second kappa shape index (κ2) is 32.1. The predicted molar refractivity (Wildman–Crippen MR) is 360 cm³/mol. The van der Waals surface area contributed by atoms with Gasteiger partial charge >= 0.3 is 18.0 Å². The molecule has 0 bridgehead atoms. The van der Waals surface area contributed by atoms with Gasteiger partial charge in [-0.15, -0.1) is 0 Å². The highest BCUT2D eigenvalue weighted by molar-refractivity contribution is 5.85. The van der Waals surface area contributed by atoms with E-state index in [1.807, 2.05) is 145 Å². The van der Waals surface area contributed by atoms with Crippen molar-refractivity contribution in [2.75, 3.05) is 67.7 Å². The summed E-state index contributed by atoms with van der Waals surface area (Å²) in [6.07, 6.45) is 1.11. The van der Waals surface area contributed by atoms with Crippen molar-refractivity contribution in [3.05, 3.63) is 143 Å². The molecule has 1 aliphatic carbocycles. The summed E-state index contributed by atoms with van der Waals surface area (Å²) in [7, 11) is 6.11. The van der Waals surface area contributed by atoms with Gasteiger partial charge in [0.2, 0.25) is 0 Å². The molecule has 0 spiro atoms. The summed E-state index contributed by atoms with van der Waals surface area (Å²) in [6, 6.07) is 35.7. The monoisotopic (exact) mass is 1320 g/mol. The second-order valence-electron chi connectivity index (χ2n) is 27.6. The average molecular weight is 1320 g/mol. The Morgan fingerprint density at radius 2 is 0.884 bits per heavy atom. The molecule has 3 aliphatic heterocycles. The van der Waals surface area contributed by atoms with Crippen molar-refractivity contribution < 1.29 is 82.3 Å². The van der Waals surface area contributed by atoms with Crippen LogP contribution in [0.1, 0.15) is 147 Å². The Labute approximate surface area is 560 Å². The molecule has 1 saturated carbocycles. The first-order valence-electron chi connectivity index (χ1n) is 32.8. The number of aromatic hydroxyl groups is 1. The van der Waals surface area contributed by atoms with E-state index in [0.717, 1.165) is 46.4 Å². The van der Waals surface area contributed by atoms with E-state index in [1.165, 1.54) is 40.9 Å². The van der Waals surface area contributed by atoms with Gasteiger partial charge in [0.25, 0.3) is 11.8 Å². The Morgan fingerprint density at radius 1 is 0.516 bits per heavy atom. The SMILES string of the molecule is COC(=O)N1C[C@@H](c2ccc(OC)c(OC3CCCC3)c2)[C@](C)([C@@H](C)O)C1.COc1ccc([C@@H]2CN(C(=O)[C@H](Cc3ccccc3)OC(C)=O)C[C@@]2(C)[C@@H](C)O)cc1O.COc1ccc([C@@H]2CN(C(=O)[C@H](Cc3ccccc3)OC(C)=O)C[C@@]2(C)[C@@H](C)O)cc1OC(C)(C)C. The topological polar surface area (TPSA) is 250 Å². The normalized spacial score (nSPS) is 23.3. The van der Waals surface area contributed by atoms with Crippen molar-refractivity contribution in [2.24, 2.45) is 16.2 Å². The number of carbonyl (C=O) groups excluding carboxylic acids is 5. The number of nitrogens with zero attached hydrogens (tertiary/aromatic N) is 3. The summed E-state index contributed by atoms with van der Waals surface area (Å²) >= 11 is 0. The van der Waals surface area contributed by atoms with Gasteiger partial charge < -0.3 is 73.0 Å². The van der Waals surface area contributed by atoms with Crippen molar-refractivity contribution in [1.82, 2.24) is 14.7 Å². The number of methoxy groups -OCH3 is 4. The van der Waals surface area contributed by atoms with Crippen LogP contribution in [0, 0.1) is 16.2 Å². The minimum Gasteiger partial charge on any atom is -0.504 e. The van der Waals surface area contributed by atoms with Crippen LogP contribution in [-0.2, 0) is 46.2 Å². The van der Waals surface area contributed by atoms with Crippen molar-refractivity contribution in [3.8, 4) is 34.5 Å². The van der Waals surface area contributed by atoms with Crippen LogP contribution in [0.3, 0.4) is 0 Å². The number of phenols is 1. The van der Waals surface area contributed by atoms with E-state index in [9.17, 15) is 44.4 Å². The maximum absolute atomic E-state index is 13.7. The number of amides is 3. The fourth-order valence-corrected chi connectivity index (χ4v) is 13.6. The maximum atomic E-state index is 13.7. The highest BCUT2D eigenvalue weighted by atomic mass is 16.6. The number of carbonyl (C=O) groups is 5. The summed E-state index contributed by atoms with van der Waals surface area (Å²) in [5, 5.41) is 42.2. The molecule has 3 amide bonds. The summed E-state index contributed by atoms with van der Waals surface area (Å²) in [5.41, 5.74) is 2.43. The maximum Gasteiger partial charge on any atom is 0.409 e. The van der Waals surface area contributed by atoms with E-state index in [-0.39, 0.29) is 60.4 Å². The summed E-state index contributed by atoms with van der Waals surface area (Å²) in [5.74, 6) is 1.07. The first-order chi connectivity index (χ1) is 44.9. The van der Waals surface area contributed by atoms with Gasteiger partial charge in [0.15, 0.2) is 46.7 Å². The molecule has 20 nitrogen and oxygen atoms in total. The Balaban J connectivity index is 0.000000203. The lowest BCUT2D eigenvalue weighted by Crippen LogP contribution is -2.43. The minimum atomic E-state index is -0.948. The van der Waals surface area contributed by atoms with Gasteiger partial charge in [0, 0.05) is 100.0 Å². The molecular formula is C75H101N3O17. The molecule has 95 heavy (non-hydrogen) atoms. The molecule has 5 aromatic rings. The number of likely N-dealkylation sites (tertiary alicyclic amines) is 3. The summed E-state index contributed by atoms with van der Waals surface area (Å²) in [4.78, 5) is 67.7. The van der Waals surface area contributed by atoms with Gasteiger partial charge in [-0.05, 0) is 131 Å². The molecular weight excluding hydrogens is 1210 g/mol. The number of hydrogen-bond acceptors (Lipinski definition) is 17. The molecule has 4 fully saturated rings. The fourth-order valence-electron chi connectivity index (χ4n) is 13.6. The third-order valence-corrected chi connectivity index (χ3v) is 19.6. The number of ether oxygens (including phenoxy) is 8. The number of benzene rings is 5. The second-order valence-corrected chi connectivity index (χ2v) is 27.6. The molecule has 0 aromatic heterocycles. The molecule has 5 aromatic carbocycles. The lowest BCUT2D eigenvalue weighted by Gasteiger charge is -2.34. The molecule has 4 N–H and O–H groups in total.